The van der Waals surface area contributed by atoms with E-state index in [1.165, 1.54) is 31.4 Å². The van der Waals surface area contributed by atoms with Gasteiger partial charge in [-0.2, -0.15) is 0 Å². The maximum Gasteiger partial charge on any atom is 0.112 e. The van der Waals surface area contributed by atoms with Crippen molar-refractivity contribution in [2.75, 3.05) is 4.90 Å². The second kappa shape index (κ2) is 4.95. The fourth-order valence-electron chi connectivity index (χ4n) is 3.70. The minimum atomic E-state index is 0.647. The van der Waals surface area contributed by atoms with Crippen molar-refractivity contribution in [1.82, 2.24) is 9.97 Å². The quantitative estimate of drug-likeness (QED) is 0.673. The largest absolute Gasteiger partial charge is 0.364 e. The van der Waals surface area contributed by atoms with Crippen molar-refractivity contribution in [3.8, 4) is 0 Å². The van der Waals surface area contributed by atoms with Gasteiger partial charge in [0.25, 0.3) is 0 Å². The van der Waals surface area contributed by atoms with Crippen molar-refractivity contribution < 1.29 is 0 Å². The van der Waals surface area contributed by atoms with Crippen LogP contribution in [0.15, 0.2) is 29.0 Å². The molecule has 2 aromatic rings. The fraction of sp³-hybridized carbons (Fsp3) is 0.467. The standard InChI is InChI=1S/C15H15Br2N3/c16-9-5-11-1-2-12(6-9)20(11)14-3-4-18-13-7-10(17)8-19-15(13)14/h3-4,7-9,11-12H,1-2,5-6H2. The highest BCUT2D eigenvalue weighted by Crippen LogP contribution is 2.42. The van der Waals surface area contributed by atoms with Crippen molar-refractivity contribution in [1.29, 1.82) is 0 Å². The van der Waals surface area contributed by atoms with Gasteiger partial charge in [0.05, 0.1) is 11.2 Å². The van der Waals surface area contributed by atoms with Gasteiger partial charge in [-0.25, -0.2) is 0 Å². The molecule has 0 N–H and O–H groups in total. The summed E-state index contributed by atoms with van der Waals surface area (Å²) >= 11 is 7.28. The van der Waals surface area contributed by atoms with E-state index < -0.39 is 0 Å². The molecule has 0 radical (unpaired) electrons. The van der Waals surface area contributed by atoms with Crippen LogP contribution in [0.25, 0.3) is 11.0 Å². The zero-order valence-electron chi connectivity index (χ0n) is 11.0. The molecule has 0 saturated carbocycles. The Hall–Kier alpha value is -0.680. The first-order chi connectivity index (χ1) is 9.72. The zero-order valence-corrected chi connectivity index (χ0v) is 14.1. The van der Waals surface area contributed by atoms with E-state index in [0.29, 0.717) is 16.9 Å². The Morgan fingerprint density at radius 2 is 1.90 bits per heavy atom. The number of halogens is 2. The number of aromatic nitrogens is 2. The lowest BCUT2D eigenvalue weighted by molar-refractivity contribution is 0.484. The minimum Gasteiger partial charge on any atom is -0.364 e. The third kappa shape index (κ3) is 2.06. The predicted molar refractivity (Wildman–Crippen MR) is 88.5 cm³/mol. The third-order valence-corrected chi connectivity index (χ3v) is 5.66. The molecule has 2 fully saturated rings. The second-order valence-corrected chi connectivity index (χ2v) is 7.92. The van der Waals surface area contributed by atoms with E-state index in [1.807, 2.05) is 18.5 Å². The number of nitrogens with zero attached hydrogens (tertiary/aromatic N) is 3. The molecule has 2 bridgehead atoms. The first-order valence-electron chi connectivity index (χ1n) is 7.05. The van der Waals surface area contributed by atoms with Crippen LogP contribution in [0.4, 0.5) is 5.69 Å². The molecular weight excluding hydrogens is 382 g/mol. The minimum absolute atomic E-state index is 0.647. The van der Waals surface area contributed by atoms with E-state index >= 15 is 0 Å². The zero-order chi connectivity index (χ0) is 13.7. The van der Waals surface area contributed by atoms with Gasteiger partial charge in [0.1, 0.15) is 5.52 Å². The van der Waals surface area contributed by atoms with E-state index in [1.54, 1.807) is 0 Å². The van der Waals surface area contributed by atoms with E-state index in [4.69, 9.17) is 0 Å². The summed E-state index contributed by atoms with van der Waals surface area (Å²) in [5.41, 5.74) is 3.26. The topological polar surface area (TPSA) is 29.0 Å². The molecule has 4 heterocycles. The average Bonchev–Trinajstić information content (AvgIpc) is 2.69. The summed E-state index contributed by atoms with van der Waals surface area (Å²) in [6.07, 6.45) is 8.84. The van der Waals surface area contributed by atoms with Crippen molar-refractivity contribution in [2.24, 2.45) is 0 Å². The normalized spacial score (nSPS) is 29.1. The van der Waals surface area contributed by atoms with E-state index in [2.05, 4.69) is 52.8 Å². The first kappa shape index (κ1) is 13.0. The molecule has 0 amide bonds. The number of hydrogen-bond donors (Lipinski definition) is 0. The van der Waals surface area contributed by atoms with E-state index in [9.17, 15) is 0 Å². The maximum absolute atomic E-state index is 4.61. The molecule has 104 valence electrons. The smallest absolute Gasteiger partial charge is 0.112 e. The Morgan fingerprint density at radius 1 is 1.15 bits per heavy atom. The number of fused-ring (bicyclic) bond motifs is 3. The number of piperidine rings is 1. The highest BCUT2D eigenvalue weighted by atomic mass is 79.9. The van der Waals surface area contributed by atoms with Crippen LogP contribution in [0.5, 0.6) is 0 Å². The molecule has 3 nitrogen and oxygen atoms in total. The summed E-state index contributed by atoms with van der Waals surface area (Å²) in [6.45, 7) is 0. The molecule has 2 aliphatic rings. The second-order valence-electron chi connectivity index (χ2n) is 5.71. The van der Waals surface area contributed by atoms with Gasteiger partial charge in [-0.3, -0.25) is 9.97 Å². The van der Waals surface area contributed by atoms with Crippen molar-refractivity contribution in [3.05, 3.63) is 29.0 Å². The first-order valence-corrected chi connectivity index (χ1v) is 8.76. The van der Waals surface area contributed by atoms with Crippen molar-refractivity contribution in [3.63, 3.8) is 0 Å². The van der Waals surface area contributed by atoms with Gasteiger partial charge in [0.2, 0.25) is 0 Å². The van der Waals surface area contributed by atoms with Crippen molar-refractivity contribution in [2.45, 2.75) is 42.6 Å². The van der Waals surface area contributed by atoms with Gasteiger partial charge in [-0.05, 0) is 53.7 Å². The summed E-state index contributed by atoms with van der Waals surface area (Å²) in [6, 6.07) is 5.47. The Bertz CT molecular complexity index is 647. The summed E-state index contributed by atoms with van der Waals surface area (Å²) in [5, 5.41) is 0. The molecule has 2 saturated heterocycles. The Morgan fingerprint density at radius 3 is 2.65 bits per heavy atom. The van der Waals surface area contributed by atoms with Gasteiger partial charge in [0, 0.05) is 33.8 Å². The highest BCUT2D eigenvalue weighted by Gasteiger charge is 2.40. The summed E-state index contributed by atoms with van der Waals surface area (Å²) < 4.78 is 0.983. The predicted octanol–water partition coefficient (Wildman–Crippen LogP) is 4.29. The molecular formula is C15H15Br2N3. The molecule has 5 heteroatoms. The van der Waals surface area contributed by atoms with Gasteiger partial charge in [0.15, 0.2) is 0 Å². The molecule has 2 atom stereocenters. The van der Waals surface area contributed by atoms with Gasteiger partial charge >= 0.3 is 0 Å². The third-order valence-electron chi connectivity index (χ3n) is 4.48. The Kier molecular flexibility index (Phi) is 3.22. The van der Waals surface area contributed by atoms with Gasteiger partial charge in [-0.15, -0.1) is 0 Å². The number of anilines is 1. The molecule has 0 aliphatic carbocycles. The molecule has 20 heavy (non-hydrogen) atoms. The number of rotatable bonds is 1. The molecule has 2 aromatic heterocycles. The van der Waals surface area contributed by atoms with Gasteiger partial charge in [-0.1, -0.05) is 15.9 Å². The van der Waals surface area contributed by atoms with Crippen LogP contribution in [-0.2, 0) is 0 Å². The molecule has 0 spiro atoms. The lowest BCUT2D eigenvalue weighted by Crippen LogP contribution is -2.43. The molecule has 2 unspecified atom stereocenters. The van der Waals surface area contributed by atoms with Crippen molar-refractivity contribution >= 4 is 48.6 Å². The highest BCUT2D eigenvalue weighted by molar-refractivity contribution is 9.10. The van der Waals surface area contributed by atoms with Crippen LogP contribution in [0, 0.1) is 0 Å². The summed E-state index contributed by atoms with van der Waals surface area (Å²) in [4.78, 5) is 12.3. The number of hydrogen-bond acceptors (Lipinski definition) is 3. The SMILES string of the molecule is Brc1cnc2c(N3C4CCC3CC(Br)C4)ccnc2c1. The van der Waals surface area contributed by atoms with Crippen LogP contribution < -0.4 is 4.90 Å². The molecule has 2 aliphatic heterocycles. The number of alkyl halides is 1. The number of pyridine rings is 2. The molecule has 4 rings (SSSR count). The Labute approximate surface area is 135 Å². The summed E-state index contributed by atoms with van der Waals surface area (Å²) in [5.74, 6) is 0. The van der Waals surface area contributed by atoms with E-state index in [-0.39, 0.29) is 0 Å². The lowest BCUT2D eigenvalue weighted by atomic mass is 10.0. The van der Waals surface area contributed by atoms with Gasteiger partial charge < -0.3 is 4.90 Å². The maximum atomic E-state index is 4.61. The van der Waals surface area contributed by atoms with Crippen LogP contribution in [0.3, 0.4) is 0 Å². The monoisotopic (exact) mass is 395 g/mol. The van der Waals surface area contributed by atoms with Crippen LogP contribution in [-0.4, -0.2) is 26.9 Å². The average molecular weight is 397 g/mol. The molecule has 0 aromatic carbocycles. The fourth-order valence-corrected chi connectivity index (χ4v) is 4.89. The van der Waals surface area contributed by atoms with Crippen LogP contribution in [0.2, 0.25) is 0 Å². The van der Waals surface area contributed by atoms with E-state index in [0.717, 1.165) is 15.5 Å². The Balaban J connectivity index is 1.83. The van der Waals surface area contributed by atoms with Crippen LogP contribution >= 0.6 is 31.9 Å². The summed E-state index contributed by atoms with van der Waals surface area (Å²) in [7, 11) is 0. The lowest BCUT2D eigenvalue weighted by Gasteiger charge is -2.39. The van der Waals surface area contributed by atoms with Crippen LogP contribution in [0.1, 0.15) is 25.7 Å².